The Morgan fingerprint density at radius 3 is 2.79 bits per heavy atom. The Morgan fingerprint density at radius 2 is 2.29 bits per heavy atom. The molecule has 0 aliphatic rings. The maximum atomic E-state index is 11.2. The summed E-state index contributed by atoms with van der Waals surface area (Å²) in [6.45, 7) is 0. The van der Waals surface area contributed by atoms with Crippen molar-refractivity contribution in [2.75, 3.05) is 7.11 Å². The van der Waals surface area contributed by atoms with Crippen molar-refractivity contribution in [2.45, 2.75) is 0 Å². The average Bonchev–Trinajstić information content (AvgIpc) is 2.19. The van der Waals surface area contributed by atoms with Crippen molar-refractivity contribution in [3.05, 3.63) is 34.3 Å². The third kappa shape index (κ3) is 2.28. The van der Waals surface area contributed by atoms with Gasteiger partial charge in [-0.2, -0.15) is 0 Å². The van der Waals surface area contributed by atoms with Crippen molar-refractivity contribution in [1.29, 1.82) is 5.53 Å². The van der Waals surface area contributed by atoms with E-state index in [0.717, 1.165) is 4.47 Å². The lowest BCUT2D eigenvalue weighted by Gasteiger charge is -1.94. The van der Waals surface area contributed by atoms with Crippen molar-refractivity contribution in [3.63, 3.8) is 0 Å². The molecule has 0 aliphatic carbocycles. The summed E-state index contributed by atoms with van der Waals surface area (Å²) in [6.07, 6.45) is 0. The molecule has 0 atom stereocenters. The number of nitrogens with one attached hydrogen (secondary N) is 1. The Bertz CT molecular complexity index is 411. The van der Waals surface area contributed by atoms with Crippen LogP contribution in [0, 0.1) is 5.53 Å². The van der Waals surface area contributed by atoms with Gasteiger partial charge in [0, 0.05) is 4.47 Å². The minimum Gasteiger partial charge on any atom is -0.460 e. The first-order chi connectivity index (χ1) is 6.69. The molecule has 0 bridgehead atoms. The van der Waals surface area contributed by atoms with Crippen LogP contribution in [0.2, 0.25) is 0 Å². The van der Waals surface area contributed by atoms with Gasteiger partial charge in [0.25, 0.3) is 0 Å². The number of carbonyl (C=O) groups excluding carboxylic acids is 1. The number of rotatable bonds is 2. The Kier molecular flexibility index (Phi) is 3.56. The SMILES string of the molecule is COC(=O)C(=[N+]=N)c1cccc(Br)c1. The van der Waals surface area contributed by atoms with Crippen molar-refractivity contribution in [3.8, 4) is 0 Å². The van der Waals surface area contributed by atoms with Crippen LogP contribution in [-0.4, -0.2) is 23.6 Å². The van der Waals surface area contributed by atoms with Crippen LogP contribution < -0.4 is 0 Å². The molecule has 0 unspecified atom stereocenters. The van der Waals surface area contributed by atoms with Crippen molar-refractivity contribution < 1.29 is 14.3 Å². The number of carbonyl (C=O) groups is 1. The molecule has 14 heavy (non-hydrogen) atoms. The van der Waals surface area contributed by atoms with E-state index in [0.29, 0.717) is 5.56 Å². The van der Waals surface area contributed by atoms with Gasteiger partial charge in [-0.15, -0.1) is 0 Å². The molecule has 0 saturated heterocycles. The topological polar surface area (TPSA) is 64.2 Å². The number of halogens is 1. The van der Waals surface area contributed by atoms with Gasteiger partial charge in [0.05, 0.1) is 23.0 Å². The number of hydrogen-bond acceptors (Lipinski definition) is 3. The summed E-state index contributed by atoms with van der Waals surface area (Å²) < 4.78 is 5.31. The summed E-state index contributed by atoms with van der Waals surface area (Å²) >= 11 is 3.26. The second kappa shape index (κ2) is 4.69. The van der Waals surface area contributed by atoms with Gasteiger partial charge in [0.15, 0.2) is 0 Å². The second-order valence-corrected chi connectivity index (χ2v) is 3.38. The van der Waals surface area contributed by atoms with E-state index in [1.54, 1.807) is 18.2 Å². The minimum atomic E-state index is -0.613. The summed E-state index contributed by atoms with van der Waals surface area (Å²) in [7, 11) is 1.26. The van der Waals surface area contributed by atoms with Crippen LogP contribution in [0.15, 0.2) is 28.7 Å². The molecule has 1 rings (SSSR count). The average molecular weight is 256 g/mol. The number of ether oxygens (including phenoxy) is 1. The quantitative estimate of drug-likeness (QED) is 0.378. The van der Waals surface area contributed by atoms with Crippen LogP contribution in [0.25, 0.3) is 0 Å². The molecule has 5 heteroatoms. The molecule has 0 aromatic heterocycles. The zero-order valence-corrected chi connectivity index (χ0v) is 9.04. The normalized spacial score (nSPS) is 9.00. The fourth-order valence-electron chi connectivity index (χ4n) is 0.960. The standard InChI is InChI=1S/C9H8BrN2O2/c1-14-9(13)8(12-11)6-3-2-4-7(10)5-6/h2-5,11H,1H3/q+1. The van der Waals surface area contributed by atoms with Gasteiger partial charge in [-0.05, 0) is 18.2 Å². The second-order valence-electron chi connectivity index (χ2n) is 2.46. The molecule has 4 nitrogen and oxygen atoms in total. The maximum Gasteiger partial charge on any atom is 0.455 e. The van der Waals surface area contributed by atoms with Crippen LogP contribution in [0.3, 0.4) is 0 Å². The van der Waals surface area contributed by atoms with E-state index in [4.69, 9.17) is 5.53 Å². The van der Waals surface area contributed by atoms with E-state index < -0.39 is 5.97 Å². The molecule has 1 aromatic rings. The predicted octanol–water partition coefficient (Wildman–Crippen LogP) is 1.65. The van der Waals surface area contributed by atoms with E-state index in [1.165, 1.54) is 7.11 Å². The fraction of sp³-hybridized carbons (Fsp3) is 0.111. The first-order valence-corrected chi connectivity index (χ1v) is 4.57. The molecule has 0 amide bonds. The van der Waals surface area contributed by atoms with Gasteiger partial charge in [0.1, 0.15) is 0 Å². The summed E-state index contributed by atoms with van der Waals surface area (Å²) in [5, 5.41) is 0. The molecule has 0 aliphatic heterocycles. The number of nitrogens with zero attached hydrogens (tertiary/aromatic N) is 1. The molecule has 0 saturated carbocycles. The number of hydrogen-bond donors (Lipinski definition) is 1. The Labute approximate surface area is 89.3 Å². The van der Waals surface area contributed by atoms with Crippen molar-refractivity contribution >= 4 is 27.6 Å². The fourth-order valence-corrected chi connectivity index (χ4v) is 1.36. The van der Waals surface area contributed by atoms with Crippen molar-refractivity contribution in [2.24, 2.45) is 0 Å². The highest BCUT2D eigenvalue weighted by molar-refractivity contribution is 9.10. The number of methoxy groups -OCH3 is 1. The summed E-state index contributed by atoms with van der Waals surface area (Å²) in [5.74, 6) is -0.613. The number of benzene rings is 1. The van der Waals surface area contributed by atoms with Crippen molar-refractivity contribution in [1.82, 2.24) is 0 Å². The minimum absolute atomic E-state index is 0.00574. The van der Waals surface area contributed by atoms with E-state index in [9.17, 15) is 4.79 Å². The van der Waals surface area contributed by atoms with Crippen LogP contribution >= 0.6 is 15.9 Å². The lowest BCUT2D eigenvalue weighted by molar-refractivity contribution is -0.149. The van der Waals surface area contributed by atoms with Gasteiger partial charge in [-0.3, -0.25) is 0 Å². The van der Waals surface area contributed by atoms with E-state index in [1.807, 2.05) is 6.07 Å². The van der Waals surface area contributed by atoms with Gasteiger partial charge in [0.2, 0.25) is 0 Å². The first-order valence-electron chi connectivity index (χ1n) is 3.77. The maximum absolute atomic E-state index is 11.2. The molecular weight excluding hydrogens is 248 g/mol. The molecule has 0 fully saturated rings. The zero-order chi connectivity index (χ0) is 10.6. The predicted molar refractivity (Wildman–Crippen MR) is 53.2 cm³/mol. The van der Waals surface area contributed by atoms with E-state index in [-0.39, 0.29) is 5.71 Å². The summed E-state index contributed by atoms with van der Waals surface area (Å²) in [5.41, 5.74) is 7.42. The van der Waals surface area contributed by atoms with E-state index >= 15 is 0 Å². The van der Waals surface area contributed by atoms with Crippen LogP contribution in [0.1, 0.15) is 5.56 Å². The molecule has 0 heterocycles. The lowest BCUT2D eigenvalue weighted by Crippen LogP contribution is -2.18. The molecule has 1 aromatic carbocycles. The molecule has 0 spiro atoms. The highest BCUT2D eigenvalue weighted by atomic mass is 79.9. The first kappa shape index (κ1) is 10.6. The Morgan fingerprint density at radius 1 is 1.57 bits per heavy atom. The molecule has 72 valence electrons. The third-order valence-corrected chi connectivity index (χ3v) is 2.08. The highest BCUT2D eigenvalue weighted by Crippen LogP contribution is 2.12. The summed E-state index contributed by atoms with van der Waals surface area (Å²) in [6, 6.07) is 6.97. The number of esters is 1. The largest absolute Gasteiger partial charge is 0.460 e. The van der Waals surface area contributed by atoms with Crippen LogP contribution in [0.5, 0.6) is 0 Å². The zero-order valence-electron chi connectivity index (χ0n) is 7.45. The summed E-state index contributed by atoms with van der Waals surface area (Å²) in [4.78, 5) is 14.3. The monoisotopic (exact) mass is 255 g/mol. The molecular formula is C9H8BrN2O2+. The molecule has 1 N–H and O–H groups in total. The third-order valence-electron chi connectivity index (χ3n) is 1.59. The van der Waals surface area contributed by atoms with E-state index in [2.05, 4.69) is 25.5 Å². The van der Waals surface area contributed by atoms with Gasteiger partial charge in [-0.1, -0.05) is 22.0 Å². The molecule has 0 radical (unpaired) electrons. The van der Waals surface area contributed by atoms with Crippen LogP contribution in [-0.2, 0) is 9.53 Å². The van der Waals surface area contributed by atoms with Crippen LogP contribution in [0.4, 0.5) is 0 Å². The Balaban J connectivity index is 3.15. The van der Waals surface area contributed by atoms with Gasteiger partial charge in [-0.25, -0.2) is 4.79 Å². The van der Waals surface area contributed by atoms with Gasteiger partial charge < -0.3 is 4.74 Å². The van der Waals surface area contributed by atoms with Gasteiger partial charge >= 0.3 is 11.7 Å². The lowest BCUT2D eigenvalue weighted by atomic mass is 10.1. The smallest absolute Gasteiger partial charge is 0.455 e. The highest BCUT2D eigenvalue weighted by Gasteiger charge is 2.26. The Hall–Kier alpha value is -1.45.